The molecule has 2 aromatic carbocycles. The van der Waals surface area contributed by atoms with E-state index in [2.05, 4.69) is 5.32 Å². The van der Waals surface area contributed by atoms with Crippen molar-refractivity contribution < 1.29 is 27.1 Å². The highest BCUT2D eigenvalue weighted by Gasteiger charge is 2.35. The van der Waals surface area contributed by atoms with E-state index < -0.39 is 21.8 Å². The number of nitrogens with zero attached hydrogens (tertiary/aromatic N) is 2. The average molecular weight is 447 g/mol. The zero-order chi connectivity index (χ0) is 22.0. The number of halogens is 1. The number of nitrogens with one attached hydrogen (secondary N) is 1. The number of hydrogen-bond acceptors (Lipinski definition) is 5. The fourth-order valence-corrected chi connectivity index (χ4v) is 5.05. The van der Waals surface area contributed by atoms with Crippen molar-refractivity contribution in [2.75, 3.05) is 43.1 Å². The Morgan fingerprint density at radius 3 is 2.32 bits per heavy atom. The number of amides is 2. The lowest BCUT2D eigenvalue weighted by Crippen LogP contribution is -2.40. The van der Waals surface area contributed by atoms with Crippen molar-refractivity contribution in [1.82, 2.24) is 4.31 Å². The molecule has 1 N–H and O–H groups in total. The van der Waals surface area contributed by atoms with Crippen LogP contribution >= 0.6 is 0 Å². The smallest absolute Gasteiger partial charge is 0.243 e. The molecule has 4 rings (SSSR count). The van der Waals surface area contributed by atoms with Gasteiger partial charge >= 0.3 is 0 Å². The Balaban J connectivity index is 1.43. The van der Waals surface area contributed by atoms with Gasteiger partial charge in [0, 0.05) is 37.4 Å². The van der Waals surface area contributed by atoms with Gasteiger partial charge in [-0.1, -0.05) is 0 Å². The zero-order valence-electron chi connectivity index (χ0n) is 16.7. The fourth-order valence-electron chi connectivity index (χ4n) is 3.64. The zero-order valence-corrected chi connectivity index (χ0v) is 17.5. The first-order valence-electron chi connectivity index (χ1n) is 9.89. The van der Waals surface area contributed by atoms with Crippen molar-refractivity contribution in [3.63, 3.8) is 0 Å². The molecule has 31 heavy (non-hydrogen) atoms. The Morgan fingerprint density at radius 2 is 1.68 bits per heavy atom. The monoisotopic (exact) mass is 447 g/mol. The van der Waals surface area contributed by atoms with Crippen LogP contribution in [0.3, 0.4) is 0 Å². The summed E-state index contributed by atoms with van der Waals surface area (Å²) in [6.45, 7) is 1.52. The predicted octanol–water partition coefficient (Wildman–Crippen LogP) is 1.84. The molecule has 0 radical (unpaired) electrons. The van der Waals surface area contributed by atoms with Gasteiger partial charge < -0.3 is 15.0 Å². The Morgan fingerprint density at radius 1 is 1.03 bits per heavy atom. The summed E-state index contributed by atoms with van der Waals surface area (Å²) in [5, 5.41) is 2.69. The largest absolute Gasteiger partial charge is 0.379 e. The van der Waals surface area contributed by atoms with Gasteiger partial charge in [-0.05, 0) is 48.5 Å². The number of carbonyl (C=O) groups excluding carboxylic acids is 2. The lowest BCUT2D eigenvalue weighted by molar-refractivity contribution is -0.122. The Bertz CT molecular complexity index is 1070. The second-order valence-corrected chi connectivity index (χ2v) is 9.35. The summed E-state index contributed by atoms with van der Waals surface area (Å²) in [5.74, 6) is -1.51. The van der Waals surface area contributed by atoms with Crippen LogP contribution in [0, 0.1) is 11.7 Å². The van der Waals surface area contributed by atoms with E-state index in [9.17, 15) is 22.4 Å². The SMILES string of the molecule is O=C(Nc1ccc(F)cc1)C1CC(=O)N(c2ccc(S(=O)(=O)N3CCOCC3)cc2)C1. The van der Waals surface area contributed by atoms with Gasteiger partial charge in [0.05, 0.1) is 24.0 Å². The number of hydrogen-bond donors (Lipinski definition) is 1. The second-order valence-electron chi connectivity index (χ2n) is 7.41. The topological polar surface area (TPSA) is 96.0 Å². The molecule has 2 fully saturated rings. The molecule has 2 aliphatic heterocycles. The van der Waals surface area contributed by atoms with Crippen LogP contribution in [0.15, 0.2) is 53.4 Å². The highest BCUT2D eigenvalue weighted by molar-refractivity contribution is 7.89. The number of benzene rings is 2. The van der Waals surface area contributed by atoms with Crippen molar-refractivity contribution in [3.05, 3.63) is 54.3 Å². The van der Waals surface area contributed by atoms with Crippen molar-refractivity contribution in [1.29, 1.82) is 0 Å². The van der Waals surface area contributed by atoms with Crippen LogP contribution in [0.2, 0.25) is 0 Å². The highest BCUT2D eigenvalue weighted by Crippen LogP contribution is 2.28. The summed E-state index contributed by atoms with van der Waals surface area (Å²) in [6, 6.07) is 11.5. The van der Waals surface area contributed by atoms with E-state index in [0.29, 0.717) is 37.7 Å². The molecule has 0 aliphatic carbocycles. The van der Waals surface area contributed by atoms with Gasteiger partial charge in [-0.25, -0.2) is 12.8 Å². The molecule has 2 aromatic rings. The molecule has 0 bridgehead atoms. The maximum atomic E-state index is 13.0. The van der Waals surface area contributed by atoms with Crippen LogP contribution in [0.25, 0.3) is 0 Å². The maximum absolute atomic E-state index is 13.0. The van der Waals surface area contributed by atoms with Crippen LogP contribution in [-0.2, 0) is 24.3 Å². The first-order valence-corrected chi connectivity index (χ1v) is 11.3. The van der Waals surface area contributed by atoms with E-state index in [1.165, 1.54) is 45.6 Å². The van der Waals surface area contributed by atoms with Crippen molar-refractivity contribution >= 4 is 33.2 Å². The van der Waals surface area contributed by atoms with Crippen LogP contribution in [0.5, 0.6) is 0 Å². The Kier molecular flexibility index (Phi) is 6.03. The van der Waals surface area contributed by atoms with Crippen LogP contribution in [-0.4, -0.2) is 57.4 Å². The molecular formula is C21H22FN3O5S. The average Bonchev–Trinajstić information content (AvgIpc) is 3.18. The van der Waals surface area contributed by atoms with Gasteiger partial charge in [-0.3, -0.25) is 9.59 Å². The number of sulfonamides is 1. The molecule has 2 heterocycles. The molecule has 8 nitrogen and oxygen atoms in total. The molecule has 0 saturated carbocycles. The molecule has 0 aromatic heterocycles. The summed E-state index contributed by atoms with van der Waals surface area (Å²) in [6.07, 6.45) is 0.0425. The van der Waals surface area contributed by atoms with Crippen LogP contribution < -0.4 is 10.2 Å². The fraction of sp³-hybridized carbons (Fsp3) is 0.333. The van der Waals surface area contributed by atoms with Crippen LogP contribution in [0.1, 0.15) is 6.42 Å². The van der Waals surface area contributed by atoms with Crippen molar-refractivity contribution in [2.45, 2.75) is 11.3 Å². The molecule has 2 aliphatic rings. The summed E-state index contributed by atoms with van der Waals surface area (Å²) < 4.78 is 45.1. The number of rotatable bonds is 5. The molecule has 1 unspecified atom stereocenters. The van der Waals surface area contributed by atoms with E-state index in [1.807, 2.05) is 0 Å². The third kappa shape index (κ3) is 4.60. The lowest BCUT2D eigenvalue weighted by atomic mass is 10.1. The molecule has 0 spiro atoms. The molecule has 1 atom stereocenters. The van der Waals surface area contributed by atoms with Gasteiger partial charge in [-0.15, -0.1) is 0 Å². The maximum Gasteiger partial charge on any atom is 0.243 e. The van der Waals surface area contributed by atoms with Gasteiger partial charge in [0.2, 0.25) is 21.8 Å². The van der Waals surface area contributed by atoms with Gasteiger partial charge in [0.15, 0.2) is 0 Å². The number of ether oxygens (including phenoxy) is 1. The third-order valence-corrected chi connectivity index (χ3v) is 7.28. The van der Waals surface area contributed by atoms with Gasteiger partial charge in [0.25, 0.3) is 0 Å². The van der Waals surface area contributed by atoms with Crippen molar-refractivity contribution in [2.24, 2.45) is 5.92 Å². The third-order valence-electron chi connectivity index (χ3n) is 5.36. The quantitative estimate of drug-likeness (QED) is 0.755. The molecule has 10 heteroatoms. The van der Waals surface area contributed by atoms with E-state index in [0.717, 1.165) is 0 Å². The number of morpholine rings is 1. The van der Waals surface area contributed by atoms with Gasteiger partial charge in [-0.2, -0.15) is 4.31 Å². The first-order chi connectivity index (χ1) is 14.8. The number of anilines is 2. The minimum Gasteiger partial charge on any atom is -0.379 e. The molecule has 164 valence electrons. The molecule has 2 saturated heterocycles. The van der Waals surface area contributed by atoms with E-state index in [-0.39, 0.29) is 29.7 Å². The standard InChI is InChI=1S/C21H22FN3O5S/c22-16-1-3-17(4-2-16)23-21(27)15-13-20(26)25(14-15)18-5-7-19(8-6-18)31(28,29)24-9-11-30-12-10-24/h1-8,15H,9-14H2,(H,23,27). The van der Waals surface area contributed by atoms with Crippen molar-refractivity contribution in [3.8, 4) is 0 Å². The van der Waals surface area contributed by atoms with E-state index in [1.54, 1.807) is 12.1 Å². The summed E-state index contributed by atoms with van der Waals surface area (Å²) in [5.41, 5.74) is 0.984. The minimum atomic E-state index is -3.62. The number of carbonyl (C=O) groups is 2. The first kappa shape index (κ1) is 21.4. The lowest BCUT2D eigenvalue weighted by Gasteiger charge is -2.26. The highest BCUT2D eigenvalue weighted by atomic mass is 32.2. The predicted molar refractivity (Wildman–Crippen MR) is 112 cm³/mol. The normalized spacial score (nSPS) is 20.1. The van der Waals surface area contributed by atoms with Crippen LogP contribution in [0.4, 0.5) is 15.8 Å². The molecule has 2 amide bonds. The second kappa shape index (κ2) is 8.74. The van der Waals surface area contributed by atoms with Gasteiger partial charge in [0.1, 0.15) is 5.82 Å². The van der Waals surface area contributed by atoms with E-state index >= 15 is 0 Å². The summed E-state index contributed by atoms with van der Waals surface area (Å²) >= 11 is 0. The molecular weight excluding hydrogens is 425 g/mol. The Hall–Kier alpha value is -2.82. The minimum absolute atomic E-state index is 0.0425. The summed E-state index contributed by atoms with van der Waals surface area (Å²) in [7, 11) is -3.62. The summed E-state index contributed by atoms with van der Waals surface area (Å²) in [4.78, 5) is 26.6. The van der Waals surface area contributed by atoms with E-state index in [4.69, 9.17) is 4.74 Å². The Labute approximate surface area is 179 Å².